The highest BCUT2D eigenvalue weighted by Crippen LogP contribution is 2.02. The van der Waals surface area contributed by atoms with Gasteiger partial charge in [0.2, 0.25) is 0 Å². The van der Waals surface area contributed by atoms with E-state index in [0.717, 1.165) is 6.08 Å². The summed E-state index contributed by atoms with van der Waals surface area (Å²) in [6.07, 6.45) is 0.833. The van der Waals surface area contributed by atoms with E-state index in [2.05, 4.69) is 11.3 Å². The number of carbonyl (C=O) groups is 1. The Morgan fingerprint density at radius 3 is 2.33 bits per heavy atom. The topological polar surface area (TPSA) is 96.2 Å². The number of aliphatic carboxylic acids is 1. The number of rotatable bonds is 6. The number of carboxylic acid groups (broad SMARTS) is 1. The molecule has 0 aliphatic carbocycles. The minimum atomic E-state index is -1.24. The standard InChI is InChI=1S/C6H14O4.C3H4O2/c1-6(8,9-2)5-10-4-3-7;1-2-3(4)5/h7-8H,3-5H2,1-2H3;2H,1H2,(H,4,5). The molecule has 90 valence electrons. The molecule has 0 radical (unpaired) electrons. The zero-order valence-corrected chi connectivity index (χ0v) is 8.97. The first-order chi connectivity index (χ1) is 6.89. The Morgan fingerprint density at radius 1 is 1.60 bits per heavy atom. The van der Waals surface area contributed by atoms with Crippen molar-refractivity contribution in [3.63, 3.8) is 0 Å². The van der Waals surface area contributed by atoms with Crippen LogP contribution in [0.3, 0.4) is 0 Å². The second kappa shape index (κ2) is 9.60. The number of aliphatic hydroxyl groups is 2. The van der Waals surface area contributed by atoms with E-state index in [1.807, 2.05) is 0 Å². The lowest BCUT2D eigenvalue weighted by Crippen LogP contribution is -2.33. The molecule has 0 amide bonds. The molecule has 0 aromatic heterocycles. The van der Waals surface area contributed by atoms with Crippen molar-refractivity contribution >= 4 is 5.97 Å². The van der Waals surface area contributed by atoms with Crippen LogP contribution in [0.15, 0.2) is 12.7 Å². The lowest BCUT2D eigenvalue weighted by Gasteiger charge is -2.20. The van der Waals surface area contributed by atoms with Gasteiger partial charge in [-0.2, -0.15) is 0 Å². The number of hydrogen-bond donors (Lipinski definition) is 3. The largest absolute Gasteiger partial charge is 0.478 e. The predicted octanol–water partition coefficient (Wildman–Crippen LogP) is -0.393. The predicted molar refractivity (Wildman–Crippen MR) is 53.4 cm³/mol. The van der Waals surface area contributed by atoms with Crippen molar-refractivity contribution in [1.29, 1.82) is 0 Å². The summed E-state index contributed by atoms with van der Waals surface area (Å²) >= 11 is 0. The number of hydrogen-bond acceptors (Lipinski definition) is 5. The molecule has 0 aromatic rings. The fourth-order valence-electron chi connectivity index (χ4n) is 0.385. The first-order valence-corrected chi connectivity index (χ1v) is 4.21. The third-order valence-electron chi connectivity index (χ3n) is 1.22. The van der Waals surface area contributed by atoms with Crippen LogP contribution in [0.1, 0.15) is 6.92 Å². The van der Waals surface area contributed by atoms with Crippen molar-refractivity contribution in [2.24, 2.45) is 0 Å². The van der Waals surface area contributed by atoms with Crippen molar-refractivity contribution in [3.8, 4) is 0 Å². The van der Waals surface area contributed by atoms with Crippen LogP contribution < -0.4 is 0 Å². The highest BCUT2D eigenvalue weighted by molar-refractivity contribution is 5.78. The molecule has 6 heteroatoms. The highest BCUT2D eigenvalue weighted by atomic mass is 16.6. The van der Waals surface area contributed by atoms with Crippen LogP contribution in [0.25, 0.3) is 0 Å². The van der Waals surface area contributed by atoms with E-state index in [1.54, 1.807) is 0 Å². The summed E-state index contributed by atoms with van der Waals surface area (Å²) < 4.78 is 9.45. The van der Waals surface area contributed by atoms with Gasteiger partial charge in [0.15, 0.2) is 5.79 Å². The van der Waals surface area contributed by atoms with E-state index in [1.165, 1.54) is 14.0 Å². The smallest absolute Gasteiger partial charge is 0.327 e. The zero-order chi connectivity index (χ0) is 12.3. The average Bonchev–Trinajstić information content (AvgIpc) is 2.19. The van der Waals surface area contributed by atoms with Gasteiger partial charge >= 0.3 is 5.97 Å². The Hall–Kier alpha value is -0.950. The van der Waals surface area contributed by atoms with Gasteiger partial charge in [0.1, 0.15) is 6.61 Å². The number of methoxy groups -OCH3 is 1. The molecule has 1 atom stereocenters. The molecule has 15 heavy (non-hydrogen) atoms. The van der Waals surface area contributed by atoms with Crippen molar-refractivity contribution < 1.29 is 29.6 Å². The third-order valence-corrected chi connectivity index (χ3v) is 1.22. The summed E-state index contributed by atoms with van der Waals surface area (Å²) in [5.41, 5.74) is 0. The lowest BCUT2D eigenvalue weighted by molar-refractivity contribution is -0.205. The van der Waals surface area contributed by atoms with Gasteiger partial charge in [0.25, 0.3) is 0 Å². The van der Waals surface area contributed by atoms with Gasteiger partial charge in [-0.25, -0.2) is 4.79 Å². The highest BCUT2D eigenvalue weighted by Gasteiger charge is 2.18. The molecule has 0 aromatic carbocycles. The van der Waals surface area contributed by atoms with Crippen LogP contribution in [0, 0.1) is 0 Å². The van der Waals surface area contributed by atoms with Crippen molar-refractivity contribution in [2.75, 3.05) is 26.9 Å². The quantitative estimate of drug-likeness (QED) is 0.322. The van der Waals surface area contributed by atoms with Gasteiger partial charge in [-0.3, -0.25) is 0 Å². The molecule has 0 fully saturated rings. The van der Waals surface area contributed by atoms with Crippen LogP contribution in [0.2, 0.25) is 0 Å². The molecule has 0 spiro atoms. The van der Waals surface area contributed by atoms with Crippen molar-refractivity contribution in [2.45, 2.75) is 12.7 Å². The molecule has 1 unspecified atom stereocenters. The monoisotopic (exact) mass is 222 g/mol. The molecule has 0 saturated carbocycles. The van der Waals surface area contributed by atoms with E-state index >= 15 is 0 Å². The van der Waals surface area contributed by atoms with E-state index in [9.17, 15) is 4.79 Å². The Labute approximate surface area is 88.7 Å². The van der Waals surface area contributed by atoms with Crippen LogP contribution in [-0.4, -0.2) is 54.0 Å². The van der Waals surface area contributed by atoms with Gasteiger partial charge in [-0.05, 0) is 6.92 Å². The Morgan fingerprint density at radius 2 is 2.07 bits per heavy atom. The van der Waals surface area contributed by atoms with Gasteiger partial charge in [0.05, 0.1) is 13.2 Å². The molecule has 6 nitrogen and oxygen atoms in total. The molecule has 3 N–H and O–H groups in total. The zero-order valence-electron chi connectivity index (χ0n) is 8.97. The second-order valence-electron chi connectivity index (χ2n) is 2.70. The summed E-state index contributed by atoms with van der Waals surface area (Å²) in [5.74, 6) is -2.22. The van der Waals surface area contributed by atoms with Crippen molar-refractivity contribution in [3.05, 3.63) is 12.7 Å². The van der Waals surface area contributed by atoms with Crippen molar-refractivity contribution in [1.82, 2.24) is 0 Å². The number of carboxylic acids is 1. The van der Waals surface area contributed by atoms with E-state index in [-0.39, 0.29) is 19.8 Å². The molecular formula is C9H18O6. The summed E-state index contributed by atoms with van der Waals surface area (Å²) in [7, 11) is 1.39. The molecule has 0 aliphatic rings. The van der Waals surface area contributed by atoms with E-state index in [4.69, 9.17) is 20.1 Å². The summed E-state index contributed by atoms with van der Waals surface area (Å²) in [5, 5.41) is 25.0. The van der Waals surface area contributed by atoms with E-state index in [0.29, 0.717) is 0 Å². The minimum absolute atomic E-state index is 0.0419. The maximum absolute atomic E-state index is 9.25. The van der Waals surface area contributed by atoms with Gasteiger partial charge in [0, 0.05) is 13.2 Å². The normalized spacial score (nSPS) is 13.3. The fraction of sp³-hybridized carbons (Fsp3) is 0.667. The van der Waals surface area contributed by atoms with Gasteiger partial charge < -0.3 is 24.8 Å². The van der Waals surface area contributed by atoms with Crippen LogP contribution in [0.5, 0.6) is 0 Å². The molecule has 0 heterocycles. The molecular weight excluding hydrogens is 204 g/mol. The Kier molecular flexibility index (Phi) is 10.5. The first kappa shape index (κ1) is 16.5. The fourth-order valence-corrected chi connectivity index (χ4v) is 0.385. The van der Waals surface area contributed by atoms with Crippen LogP contribution >= 0.6 is 0 Å². The lowest BCUT2D eigenvalue weighted by atomic mass is 10.3. The molecule has 0 rings (SSSR count). The molecule has 0 bridgehead atoms. The SMILES string of the molecule is C=CC(=O)O.COC(C)(O)COCCO. The average molecular weight is 222 g/mol. The first-order valence-electron chi connectivity index (χ1n) is 4.21. The summed E-state index contributed by atoms with van der Waals surface area (Å²) in [6, 6.07) is 0. The summed E-state index contributed by atoms with van der Waals surface area (Å²) in [6.45, 7) is 4.70. The Balaban J connectivity index is 0. The Bertz CT molecular complexity index is 177. The number of aliphatic hydroxyl groups excluding tert-OH is 1. The summed E-state index contributed by atoms with van der Waals surface area (Å²) in [4.78, 5) is 9.25. The maximum Gasteiger partial charge on any atom is 0.327 e. The minimum Gasteiger partial charge on any atom is -0.478 e. The molecule has 0 saturated heterocycles. The third kappa shape index (κ3) is 15.8. The van der Waals surface area contributed by atoms with Crippen LogP contribution in [-0.2, 0) is 14.3 Å². The second-order valence-corrected chi connectivity index (χ2v) is 2.70. The van der Waals surface area contributed by atoms with Crippen LogP contribution in [0.4, 0.5) is 0 Å². The van der Waals surface area contributed by atoms with E-state index < -0.39 is 11.8 Å². The molecule has 0 aliphatic heterocycles. The maximum atomic E-state index is 9.25. The van der Waals surface area contributed by atoms with Gasteiger partial charge in [-0.15, -0.1) is 0 Å². The number of ether oxygens (including phenoxy) is 2. The van der Waals surface area contributed by atoms with Gasteiger partial charge in [-0.1, -0.05) is 6.58 Å².